The summed E-state index contributed by atoms with van der Waals surface area (Å²) in [4.78, 5) is 13.8. The first-order chi connectivity index (χ1) is 13.4. The minimum atomic E-state index is -0.399. The summed E-state index contributed by atoms with van der Waals surface area (Å²) in [5, 5.41) is 16.9. The highest BCUT2D eigenvalue weighted by atomic mass is 32.1. The van der Waals surface area contributed by atoms with Gasteiger partial charge in [-0.15, -0.1) is 11.3 Å². The quantitative estimate of drug-likeness (QED) is 0.652. The fraction of sp³-hybridized carbons (Fsp3) is 0.381. The number of hydrogen-bond acceptors (Lipinski definition) is 6. The number of nitrogens with one attached hydrogen (secondary N) is 1. The molecule has 7 heteroatoms. The Balaban J connectivity index is 1.56. The predicted octanol–water partition coefficient (Wildman–Crippen LogP) is 5.27. The average molecular weight is 395 g/mol. The molecule has 1 atom stereocenters. The van der Waals surface area contributed by atoms with Crippen molar-refractivity contribution in [3.8, 4) is 17.6 Å². The predicted molar refractivity (Wildman–Crippen MR) is 106 cm³/mol. The molecule has 0 radical (unpaired) electrons. The van der Waals surface area contributed by atoms with Crippen LogP contribution in [0.4, 0.5) is 5.00 Å². The molecule has 0 aliphatic heterocycles. The summed E-state index contributed by atoms with van der Waals surface area (Å²) >= 11 is 1.50. The van der Waals surface area contributed by atoms with E-state index in [9.17, 15) is 10.1 Å². The highest BCUT2D eigenvalue weighted by Gasteiger charge is 2.32. The van der Waals surface area contributed by atoms with E-state index >= 15 is 0 Å². The minimum absolute atomic E-state index is 0.147. The number of carbonyl (C=O) groups is 1. The second kappa shape index (κ2) is 6.95. The van der Waals surface area contributed by atoms with Crippen LogP contribution in [0.15, 0.2) is 33.4 Å². The van der Waals surface area contributed by atoms with Gasteiger partial charge in [0.15, 0.2) is 11.5 Å². The van der Waals surface area contributed by atoms with Crippen molar-refractivity contribution in [2.24, 2.45) is 11.3 Å². The molecule has 144 valence electrons. The molecule has 0 saturated heterocycles. The van der Waals surface area contributed by atoms with Gasteiger partial charge in [0, 0.05) is 10.9 Å². The first kappa shape index (κ1) is 18.5. The van der Waals surface area contributed by atoms with Gasteiger partial charge in [-0.05, 0) is 48.3 Å². The molecule has 28 heavy (non-hydrogen) atoms. The first-order valence-corrected chi connectivity index (χ1v) is 10.0. The van der Waals surface area contributed by atoms with E-state index in [-0.39, 0.29) is 11.1 Å². The highest BCUT2D eigenvalue weighted by Crippen LogP contribution is 2.44. The largest absolute Gasteiger partial charge is 0.461 e. The van der Waals surface area contributed by atoms with Crippen LogP contribution in [0.2, 0.25) is 0 Å². The monoisotopic (exact) mass is 395 g/mol. The van der Waals surface area contributed by atoms with Crippen molar-refractivity contribution in [2.45, 2.75) is 40.0 Å². The third-order valence-electron chi connectivity index (χ3n) is 5.34. The second-order valence-corrected chi connectivity index (χ2v) is 9.24. The van der Waals surface area contributed by atoms with E-state index in [0.29, 0.717) is 28.0 Å². The second-order valence-electron chi connectivity index (χ2n) is 8.13. The molecule has 1 amide bonds. The first-order valence-electron chi connectivity index (χ1n) is 9.23. The number of furan rings is 1. The molecule has 0 spiro atoms. The number of nitriles is 1. The summed E-state index contributed by atoms with van der Waals surface area (Å²) in [6.45, 7) is 6.77. The minimum Gasteiger partial charge on any atom is -0.461 e. The molecule has 4 rings (SSSR count). The van der Waals surface area contributed by atoms with Crippen LogP contribution in [0.1, 0.15) is 53.7 Å². The van der Waals surface area contributed by atoms with Crippen LogP contribution in [0.25, 0.3) is 11.5 Å². The van der Waals surface area contributed by atoms with E-state index in [0.717, 1.165) is 24.8 Å². The Morgan fingerprint density at radius 2 is 2.21 bits per heavy atom. The van der Waals surface area contributed by atoms with E-state index in [4.69, 9.17) is 8.94 Å². The molecule has 1 N–H and O–H groups in total. The Kier molecular flexibility index (Phi) is 4.60. The van der Waals surface area contributed by atoms with Crippen molar-refractivity contribution in [3.63, 3.8) is 0 Å². The normalized spacial score (nSPS) is 16.4. The van der Waals surface area contributed by atoms with Gasteiger partial charge in [0.2, 0.25) is 5.76 Å². The molecule has 0 unspecified atom stereocenters. The molecular formula is C21H21N3O3S. The van der Waals surface area contributed by atoms with Crippen molar-refractivity contribution in [1.29, 1.82) is 5.26 Å². The maximum Gasteiger partial charge on any atom is 0.278 e. The van der Waals surface area contributed by atoms with Crippen molar-refractivity contribution >= 4 is 22.2 Å². The number of thiophene rings is 1. The Bertz CT molecular complexity index is 1050. The Hall–Kier alpha value is -2.85. The van der Waals surface area contributed by atoms with E-state index < -0.39 is 5.91 Å². The molecular weight excluding hydrogens is 374 g/mol. The lowest BCUT2D eigenvalue weighted by Crippen LogP contribution is -2.26. The molecule has 1 aliphatic rings. The summed E-state index contributed by atoms with van der Waals surface area (Å²) < 4.78 is 10.4. The fourth-order valence-corrected chi connectivity index (χ4v) is 4.89. The van der Waals surface area contributed by atoms with Gasteiger partial charge in [-0.2, -0.15) is 5.26 Å². The maximum absolute atomic E-state index is 12.6. The maximum atomic E-state index is 12.6. The SMILES string of the molecule is CC(C)(C)[C@H]1CCc2c(sc(NC(=O)c3cc(-c4ccco4)on3)c2C#N)C1. The lowest BCUT2D eigenvalue weighted by atomic mass is 9.72. The lowest BCUT2D eigenvalue weighted by Gasteiger charge is -2.33. The van der Waals surface area contributed by atoms with Crippen LogP contribution in [0.5, 0.6) is 0 Å². The number of rotatable bonds is 3. The average Bonchev–Trinajstić information content (AvgIpc) is 3.38. The smallest absolute Gasteiger partial charge is 0.278 e. The molecule has 3 heterocycles. The van der Waals surface area contributed by atoms with Gasteiger partial charge in [0.1, 0.15) is 11.1 Å². The van der Waals surface area contributed by atoms with E-state index in [1.807, 2.05) is 0 Å². The summed E-state index contributed by atoms with van der Waals surface area (Å²) in [7, 11) is 0. The Morgan fingerprint density at radius 1 is 1.39 bits per heavy atom. The molecule has 0 fully saturated rings. The van der Waals surface area contributed by atoms with Crippen molar-refractivity contribution in [3.05, 3.63) is 46.2 Å². The van der Waals surface area contributed by atoms with Crippen LogP contribution < -0.4 is 5.32 Å². The van der Waals surface area contributed by atoms with Gasteiger partial charge >= 0.3 is 0 Å². The van der Waals surface area contributed by atoms with E-state index in [2.05, 4.69) is 37.3 Å². The number of nitrogens with zero attached hydrogens (tertiary/aromatic N) is 2. The molecule has 0 bridgehead atoms. The fourth-order valence-electron chi connectivity index (χ4n) is 3.62. The zero-order valence-corrected chi connectivity index (χ0v) is 16.9. The van der Waals surface area contributed by atoms with Crippen LogP contribution in [-0.4, -0.2) is 11.1 Å². The number of fused-ring (bicyclic) bond motifs is 1. The standard InChI is InChI=1S/C21H21N3O3S/c1-21(2,3)12-6-7-13-14(11-22)20(28-18(13)9-12)23-19(25)15-10-17(27-24-15)16-5-4-8-26-16/h4-5,8,10,12H,6-7,9H2,1-3H3,(H,23,25)/t12-/m0/s1. The number of aromatic nitrogens is 1. The van der Waals surface area contributed by atoms with Gasteiger partial charge in [-0.25, -0.2) is 0 Å². The van der Waals surface area contributed by atoms with Crippen LogP contribution in [0, 0.1) is 22.7 Å². The van der Waals surface area contributed by atoms with Gasteiger partial charge < -0.3 is 14.3 Å². The third-order valence-corrected chi connectivity index (χ3v) is 6.51. The molecule has 0 saturated carbocycles. The van der Waals surface area contributed by atoms with Crippen LogP contribution in [-0.2, 0) is 12.8 Å². The topological polar surface area (TPSA) is 92.1 Å². The van der Waals surface area contributed by atoms with Crippen molar-refractivity contribution < 1.29 is 13.7 Å². The van der Waals surface area contributed by atoms with Crippen molar-refractivity contribution in [2.75, 3.05) is 5.32 Å². The number of amides is 1. The van der Waals surface area contributed by atoms with Gasteiger partial charge in [0.25, 0.3) is 5.91 Å². The zero-order valence-electron chi connectivity index (χ0n) is 16.0. The molecule has 3 aromatic heterocycles. The number of hydrogen-bond donors (Lipinski definition) is 1. The number of anilines is 1. The van der Waals surface area contributed by atoms with Gasteiger partial charge in [-0.1, -0.05) is 25.9 Å². The van der Waals surface area contributed by atoms with Gasteiger partial charge in [-0.3, -0.25) is 4.79 Å². The third kappa shape index (κ3) is 3.36. The van der Waals surface area contributed by atoms with E-state index in [1.54, 1.807) is 12.1 Å². The summed E-state index contributed by atoms with van der Waals surface area (Å²) in [5.41, 5.74) is 2.03. The summed E-state index contributed by atoms with van der Waals surface area (Å²) in [6.07, 6.45) is 4.41. The molecule has 0 aromatic carbocycles. The number of carbonyl (C=O) groups excluding carboxylic acids is 1. The molecule has 3 aromatic rings. The van der Waals surface area contributed by atoms with Crippen molar-refractivity contribution in [1.82, 2.24) is 5.16 Å². The summed E-state index contributed by atoms with van der Waals surface area (Å²) in [6, 6.07) is 7.27. The van der Waals surface area contributed by atoms with Gasteiger partial charge in [0.05, 0.1) is 11.8 Å². The molecule has 6 nitrogen and oxygen atoms in total. The van der Waals surface area contributed by atoms with Crippen LogP contribution in [0.3, 0.4) is 0 Å². The Morgan fingerprint density at radius 3 is 2.89 bits per heavy atom. The molecule has 1 aliphatic carbocycles. The highest BCUT2D eigenvalue weighted by molar-refractivity contribution is 7.16. The van der Waals surface area contributed by atoms with Crippen LogP contribution >= 0.6 is 11.3 Å². The zero-order chi connectivity index (χ0) is 19.9. The van der Waals surface area contributed by atoms with E-state index in [1.165, 1.54) is 28.5 Å². The Labute approximate surface area is 167 Å². The summed E-state index contributed by atoms with van der Waals surface area (Å²) in [5.74, 6) is 1.06. The lowest BCUT2D eigenvalue weighted by molar-refractivity contribution is 0.101.